The first-order valence-corrected chi connectivity index (χ1v) is 10.1. The molecule has 0 unspecified atom stereocenters. The van der Waals surface area contributed by atoms with E-state index in [0.29, 0.717) is 28.7 Å². The smallest absolute Gasteiger partial charge is 0.252 e. The van der Waals surface area contributed by atoms with Crippen molar-refractivity contribution < 1.29 is 13.2 Å². The lowest BCUT2D eigenvalue weighted by Crippen LogP contribution is -2.29. The highest BCUT2D eigenvalue weighted by molar-refractivity contribution is 7.91. The minimum atomic E-state index is -3.45. The number of hydrogen-bond donors (Lipinski definition) is 1. The molecular formula is C16H19ClN2O3S2. The summed E-state index contributed by atoms with van der Waals surface area (Å²) in [5, 5.41) is 5.16. The first-order chi connectivity index (χ1) is 11.4. The minimum Gasteiger partial charge on any atom is -0.352 e. The summed E-state index contributed by atoms with van der Waals surface area (Å²) in [6, 6.07) is 10.6. The standard InChI is InChI=1S/C16H19ClN2O3S2/c1-19(24(21,22)16-8-4-10-23-16)9-3-7-15(20)18-12-13-5-2-6-14(17)11-13/h2,4-6,8,10-11H,3,7,9,12H2,1H3,(H,18,20). The molecule has 2 aromatic rings. The molecule has 1 amide bonds. The van der Waals surface area contributed by atoms with Gasteiger partial charge in [0.2, 0.25) is 5.91 Å². The Morgan fingerprint density at radius 1 is 1.29 bits per heavy atom. The molecule has 1 aromatic carbocycles. The number of sulfonamides is 1. The summed E-state index contributed by atoms with van der Waals surface area (Å²) in [6.07, 6.45) is 0.730. The second-order valence-corrected chi connectivity index (χ2v) is 8.92. The number of carbonyl (C=O) groups is 1. The lowest BCUT2D eigenvalue weighted by Gasteiger charge is -2.15. The predicted molar refractivity (Wildman–Crippen MR) is 96.7 cm³/mol. The maximum absolute atomic E-state index is 12.2. The van der Waals surface area contributed by atoms with E-state index in [1.54, 1.807) is 29.6 Å². The van der Waals surface area contributed by atoms with E-state index < -0.39 is 10.0 Å². The first-order valence-electron chi connectivity index (χ1n) is 7.40. The average Bonchev–Trinajstić information content (AvgIpc) is 3.08. The van der Waals surface area contributed by atoms with E-state index in [4.69, 9.17) is 11.6 Å². The highest BCUT2D eigenvalue weighted by Crippen LogP contribution is 2.20. The summed E-state index contributed by atoms with van der Waals surface area (Å²) >= 11 is 7.07. The molecule has 1 heterocycles. The van der Waals surface area contributed by atoms with Gasteiger partial charge in [0, 0.05) is 31.6 Å². The summed E-state index contributed by atoms with van der Waals surface area (Å²) < 4.78 is 26.1. The van der Waals surface area contributed by atoms with Crippen molar-refractivity contribution in [2.75, 3.05) is 13.6 Å². The van der Waals surface area contributed by atoms with Crippen molar-refractivity contribution in [2.24, 2.45) is 0 Å². The molecule has 0 aliphatic heterocycles. The molecule has 2 rings (SSSR count). The van der Waals surface area contributed by atoms with Crippen molar-refractivity contribution >= 4 is 38.9 Å². The van der Waals surface area contributed by atoms with Crippen LogP contribution < -0.4 is 5.32 Å². The number of nitrogens with one attached hydrogen (secondary N) is 1. The second-order valence-electron chi connectivity index (χ2n) is 5.27. The van der Waals surface area contributed by atoms with E-state index in [1.807, 2.05) is 12.1 Å². The van der Waals surface area contributed by atoms with Crippen LogP contribution in [-0.4, -0.2) is 32.2 Å². The van der Waals surface area contributed by atoms with Crippen LogP contribution in [0.1, 0.15) is 18.4 Å². The van der Waals surface area contributed by atoms with Crippen LogP contribution in [0, 0.1) is 0 Å². The van der Waals surface area contributed by atoms with Gasteiger partial charge in [-0.25, -0.2) is 12.7 Å². The normalized spacial score (nSPS) is 11.6. The van der Waals surface area contributed by atoms with Crippen molar-refractivity contribution in [3.05, 3.63) is 52.4 Å². The van der Waals surface area contributed by atoms with Gasteiger partial charge in [0.15, 0.2) is 0 Å². The zero-order valence-electron chi connectivity index (χ0n) is 13.2. The number of benzene rings is 1. The molecule has 5 nitrogen and oxygen atoms in total. The quantitative estimate of drug-likeness (QED) is 0.757. The minimum absolute atomic E-state index is 0.114. The zero-order valence-corrected chi connectivity index (χ0v) is 15.6. The van der Waals surface area contributed by atoms with Crippen molar-refractivity contribution in [2.45, 2.75) is 23.6 Å². The highest BCUT2D eigenvalue weighted by Gasteiger charge is 2.21. The average molecular weight is 387 g/mol. The number of carbonyl (C=O) groups excluding carboxylic acids is 1. The molecule has 0 spiro atoms. The number of hydrogen-bond acceptors (Lipinski definition) is 4. The summed E-state index contributed by atoms with van der Waals surface area (Å²) in [6.45, 7) is 0.702. The number of thiophene rings is 1. The Bertz CT molecular complexity index is 776. The van der Waals surface area contributed by atoms with Gasteiger partial charge < -0.3 is 5.32 Å². The van der Waals surface area contributed by atoms with Crippen LogP contribution in [0.5, 0.6) is 0 Å². The van der Waals surface area contributed by atoms with Gasteiger partial charge in [-0.2, -0.15) is 0 Å². The fourth-order valence-electron chi connectivity index (χ4n) is 2.08. The predicted octanol–water partition coefficient (Wildman–Crippen LogP) is 3.12. The largest absolute Gasteiger partial charge is 0.352 e. The maximum Gasteiger partial charge on any atom is 0.252 e. The van der Waals surface area contributed by atoms with E-state index in [-0.39, 0.29) is 12.3 Å². The number of rotatable bonds is 8. The summed E-state index contributed by atoms with van der Waals surface area (Å²) in [5.74, 6) is -0.114. The fourth-order valence-corrected chi connectivity index (χ4v) is 4.71. The second kappa shape index (κ2) is 8.62. The van der Waals surface area contributed by atoms with E-state index in [2.05, 4.69) is 5.32 Å². The van der Waals surface area contributed by atoms with Gasteiger partial charge in [-0.3, -0.25) is 4.79 Å². The van der Waals surface area contributed by atoms with Crippen LogP contribution in [-0.2, 0) is 21.4 Å². The molecule has 8 heteroatoms. The summed E-state index contributed by atoms with van der Waals surface area (Å²) in [4.78, 5) is 11.9. The Hall–Kier alpha value is -1.41. The molecule has 0 radical (unpaired) electrons. The third-order valence-electron chi connectivity index (χ3n) is 3.42. The molecule has 0 aliphatic carbocycles. The maximum atomic E-state index is 12.2. The monoisotopic (exact) mass is 386 g/mol. The third-order valence-corrected chi connectivity index (χ3v) is 6.88. The first kappa shape index (κ1) is 18.9. The number of amides is 1. The van der Waals surface area contributed by atoms with Crippen LogP contribution in [0.25, 0.3) is 0 Å². The van der Waals surface area contributed by atoms with Crippen molar-refractivity contribution in [3.63, 3.8) is 0 Å². The zero-order chi connectivity index (χ0) is 17.6. The third kappa shape index (κ3) is 5.31. The Morgan fingerprint density at radius 3 is 2.75 bits per heavy atom. The van der Waals surface area contributed by atoms with Gasteiger partial charge in [0.1, 0.15) is 4.21 Å². The van der Waals surface area contributed by atoms with E-state index in [1.165, 1.54) is 22.7 Å². The highest BCUT2D eigenvalue weighted by atomic mass is 35.5. The molecule has 0 aliphatic rings. The van der Waals surface area contributed by atoms with Gasteiger partial charge in [0.05, 0.1) is 0 Å². The Balaban J connectivity index is 1.74. The molecule has 1 N–H and O–H groups in total. The lowest BCUT2D eigenvalue weighted by molar-refractivity contribution is -0.121. The van der Waals surface area contributed by atoms with Crippen LogP contribution in [0.4, 0.5) is 0 Å². The Labute approximate surface area is 151 Å². The lowest BCUT2D eigenvalue weighted by atomic mass is 10.2. The molecule has 0 bridgehead atoms. The van der Waals surface area contributed by atoms with Crippen LogP contribution >= 0.6 is 22.9 Å². The van der Waals surface area contributed by atoms with Crippen LogP contribution in [0.2, 0.25) is 5.02 Å². The molecule has 1 aromatic heterocycles. The number of halogens is 1. The molecule has 130 valence electrons. The molecule has 0 saturated carbocycles. The molecule has 0 atom stereocenters. The summed E-state index contributed by atoms with van der Waals surface area (Å²) in [5.41, 5.74) is 0.924. The summed E-state index contributed by atoms with van der Waals surface area (Å²) in [7, 11) is -1.92. The fraction of sp³-hybridized carbons (Fsp3) is 0.312. The Kier molecular flexibility index (Phi) is 6.79. The van der Waals surface area contributed by atoms with Crippen LogP contribution in [0.3, 0.4) is 0 Å². The van der Waals surface area contributed by atoms with E-state index in [0.717, 1.165) is 5.56 Å². The molecule has 0 fully saturated rings. The van der Waals surface area contributed by atoms with Gasteiger partial charge >= 0.3 is 0 Å². The van der Waals surface area contributed by atoms with Crippen molar-refractivity contribution in [3.8, 4) is 0 Å². The van der Waals surface area contributed by atoms with Gasteiger partial charge in [-0.1, -0.05) is 29.8 Å². The molecule has 0 saturated heterocycles. The Morgan fingerprint density at radius 2 is 2.08 bits per heavy atom. The van der Waals surface area contributed by atoms with Crippen molar-refractivity contribution in [1.82, 2.24) is 9.62 Å². The molecular weight excluding hydrogens is 368 g/mol. The molecule has 24 heavy (non-hydrogen) atoms. The van der Waals surface area contributed by atoms with Crippen LogP contribution in [0.15, 0.2) is 46.0 Å². The van der Waals surface area contributed by atoms with Gasteiger partial charge in [-0.05, 0) is 35.6 Å². The van der Waals surface area contributed by atoms with Gasteiger partial charge in [0.25, 0.3) is 10.0 Å². The topological polar surface area (TPSA) is 66.5 Å². The van der Waals surface area contributed by atoms with Gasteiger partial charge in [-0.15, -0.1) is 11.3 Å². The SMILES string of the molecule is CN(CCCC(=O)NCc1cccc(Cl)c1)S(=O)(=O)c1cccs1. The van der Waals surface area contributed by atoms with E-state index >= 15 is 0 Å². The number of nitrogens with zero attached hydrogens (tertiary/aromatic N) is 1. The van der Waals surface area contributed by atoms with E-state index in [9.17, 15) is 13.2 Å². The van der Waals surface area contributed by atoms with Crippen molar-refractivity contribution in [1.29, 1.82) is 0 Å².